The summed E-state index contributed by atoms with van der Waals surface area (Å²) in [7, 11) is 0. The molecule has 4 nitrogen and oxygen atoms in total. The quantitative estimate of drug-likeness (QED) is 0.463. The Morgan fingerprint density at radius 1 is 1.25 bits per heavy atom. The molecule has 0 saturated carbocycles. The molecule has 9 heteroatoms. The molecule has 0 aliphatic rings. The molecule has 0 atom stereocenters. The summed E-state index contributed by atoms with van der Waals surface area (Å²) >= 11 is 20.4. The Kier molecular flexibility index (Phi) is 5.66. The number of nitrogens with zero attached hydrogens (tertiary/aromatic N) is 2. The van der Waals surface area contributed by atoms with Gasteiger partial charge in [-0.15, -0.1) is 11.3 Å². The first-order valence-corrected chi connectivity index (χ1v) is 9.82. The molecule has 1 amide bonds. The van der Waals surface area contributed by atoms with E-state index in [4.69, 9.17) is 23.2 Å². The van der Waals surface area contributed by atoms with Gasteiger partial charge < -0.3 is 5.32 Å². The molecule has 1 N–H and O–H groups in total. The lowest BCUT2D eigenvalue weighted by molar-refractivity contribution is 0.103. The van der Waals surface area contributed by atoms with Gasteiger partial charge in [0, 0.05) is 15.7 Å². The summed E-state index contributed by atoms with van der Waals surface area (Å²) in [6.45, 7) is 0.464. The number of thiophene rings is 1. The summed E-state index contributed by atoms with van der Waals surface area (Å²) in [6.07, 6.45) is 1.65. The van der Waals surface area contributed by atoms with E-state index in [9.17, 15) is 4.79 Å². The Morgan fingerprint density at radius 3 is 2.67 bits per heavy atom. The molecule has 3 rings (SSSR count). The van der Waals surface area contributed by atoms with E-state index in [0.29, 0.717) is 27.3 Å². The van der Waals surface area contributed by atoms with Crippen LogP contribution in [-0.4, -0.2) is 15.7 Å². The zero-order valence-corrected chi connectivity index (χ0v) is 17.4. The van der Waals surface area contributed by atoms with E-state index in [1.165, 1.54) is 11.3 Å². The fourth-order valence-electron chi connectivity index (χ4n) is 1.99. The first-order valence-electron chi connectivity index (χ1n) is 6.66. The number of amides is 1. The zero-order valence-electron chi connectivity index (χ0n) is 11.9. The molecular weight excluding hydrogens is 501 g/mol. The first kappa shape index (κ1) is 17.9. The van der Waals surface area contributed by atoms with Gasteiger partial charge in [0.05, 0.1) is 15.2 Å². The maximum Gasteiger partial charge on any atom is 0.267 e. The minimum Gasteiger partial charge on any atom is -0.303 e. The van der Waals surface area contributed by atoms with Gasteiger partial charge in [0.15, 0.2) is 5.82 Å². The third-order valence-corrected chi connectivity index (χ3v) is 7.01. The highest BCUT2D eigenvalue weighted by Crippen LogP contribution is 2.33. The second-order valence-corrected chi connectivity index (χ2v) is 8.84. The van der Waals surface area contributed by atoms with Crippen molar-refractivity contribution in [3.05, 3.63) is 65.3 Å². The van der Waals surface area contributed by atoms with Crippen molar-refractivity contribution in [2.45, 2.75) is 6.54 Å². The van der Waals surface area contributed by atoms with Crippen molar-refractivity contribution in [1.29, 1.82) is 0 Å². The second kappa shape index (κ2) is 7.58. The van der Waals surface area contributed by atoms with E-state index in [2.05, 4.69) is 42.3 Å². The second-order valence-electron chi connectivity index (χ2n) is 4.80. The van der Waals surface area contributed by atoms with Crippen LogP contribution in [0.3, 0.4) is 0 Å². The van der Waals surface area contributed by atoms with Gasteiger partial charge in [-0.2, -0.15) is 5.10 Å². The van der Waals surface area contributed by atoms with Crippen LogP contribution in [-0.2, 0) is 6.54 Å². The van der Waals surface area contributed by atoms with Crippen LogP contribution in [0.5, 0.6) is 0 Å². The van der Waals surface area contributed by atoms with Crippen molar-refractivity contribution in [3.8, 4) is 0 Å². The average molecular weight is 510 g/mol. The van der Waals surface area contributed by atoms with E-state index >= 15 is 0 Å². The maximum absolute atomic E-state index is 12.3. The molecule has 3 aromatic rings. The van der Waals surface area contributed by atoms with E-state index in [1.807, 2.05) is 24.3 Å². The van der Waals surface area contributed by atoms with Crippen molar-refractivity contribution < 1.29 is 4.79 Å². The molecule has 0 spiro atoms. The van der Waals surface area contributed by atoms with Gasteiger partial charge in [0.25, 0.3) is 5.91 Å². The molecule has 0 saturated heterocycles. The lowest BCUT2D eigenvalue weighted by atomic mass is 10.2. The minimum atomic E-state index is -0.267. The summed E-state index contributed by atoms with van der Waals surface area (Å²) in [5.41, 5.74) is 0.919. The van der Waals surface area contributed by atoms with Crippen LogP contribution in [0, 0.1) is 0 Å². The highest BCUT2D eigenvalue weighted by Gasteiger charge is 2.16. The first-order chi connectivity index (χ1) is 11.4. The number of benzene rings is 1. The molecular formula is C15H9Br2Cl2N3OS. The van der Waals surface area contributed by atoms with Crippen molar-refractivity contribution in [1.82, 2.24) is 9.78 Å². The van der Waals surface area contributed by atoms with Crippen LogP contribution in [0.15, 0.2) is 44.8 Å². The Hall–Kier alpha value is -0.860. The molecule has 124 valence electrons. The molecule has 0 bridgehead atoms. The Bertz CT molecular complexity index is 891. The monoisotopic (exact) mass is 507 g/mol. The van der Waals surface area contributed by atoms with Gasteiger partial charge >= 0.3 is 0 Å². The van der Waals surface area contributed by atoms with Crippen LogP contribution >= 0.6 is 66.4 Å². The summed E-state index contributed by atoms with van der Waals surface area (Å²) in [5, 5.41) is 8.06. The van der Waals surface area contributed by atoms with Crippen molar-refractivity contribution in [2.75, 3.05) is 5.32 Å². The summed E-state index contributed by atoms with van der Waals surface area (Å²) in [5.74, 6) is 0.0469. The molecule has 0 aliphatic carbocycles. The van der Waals surface area contributed by atoms with Crippen molar-refractivity contribution in [3.63, 3.8) is 0 Å². The number of hydrogen-bond donors (Lipinski definition) is 1. The molecule has 2 aromatic heterocycles. The number of carbonyl (C=O) groups excluding carboxylic acids is 1. The van der Waals surface area contributed by atoms with Gasteiger partial charge in [-0.25, -0.2) is 0 Å². The average Bonchev–Trinajstić information content (AvgIpc) is 3.05. The smallest absolute Gasteiger partial charge is 0.267 e. The van der Waals surface area contributed by atoms with Gasteiger partial charge in [-0.1, -0.05) is 41.4 Å². The Morgan fingerprint density at radius 2 is 2.00 bits per heavy atom. The third-order valence-electron chi connectivity index (χ3n) is 3.11. The Balaban J connectivity index is 1.77. The number of rotatable bonds is 4. The molecule has 0 radical (unpaired) electrons. The third kappa shape index (κ3) is 4.03. The Labute approximate surface area is 169 Å². The van der Waals surface area contributed by atoms with Gasteiger partial charge in [0.2, 0.25) is 0 Å². The number of aromatic nitrogens is 2. The number of hydrogen-bond acceptors (Lipinski definition) is 3. The van der Waals surface area contributed by atoms with Crippen molar-refractivity contribution >= 4 is 78.1 Å². The van der Waals surface area contributed by atoms with E-state index in [-0.39, 0.29) is 5.91 Å². The normalized spacial score (nSPS) is 10.8. The molecule has 1 aromatic carbocycles. The highest BCUT2D eigenvalue weighted by atomic mass is 79.9. The van der Waals surface area contributed by atoms with Gasteiger partial charge in [-0.05, 0) is 49.6 Å². The standard InChI is InChI=1S/C15H9Br2Cl2N3OS/c16-9-5-12(24-13(9)17)15(23)20-14-11(19)7-22(21-14)6-8-3-1-2-4-10(8)18/h1-5,7H,6H2,(H,20,21,23). The predicted molar refractivity (Wildman–Crippen MR) is 105 cm³/mol. The number of anilines is 1. The van der Waals surface area contributed by atoms with E-state index in [0.717, 1.165) is 13.8 Å². The molecule has 2 heterocycles. The lowest BCUT2D eigenvalue weighted by Gasteiger charge is -2.04. The zero-order chi connectivity index (χ0) is 17.3. The molecule has 0 fully saturated rings. The summed E-state index contributed by atoms with van der Waals surface area (Å²) in [6, 6.07) is 9.24. The molecule has 24 heavy (non-hydrogen) atoms. The van der Waals surface area contributed by atoms with E-state index < -0.39 is 0 Å². The van der Waals surface area contributed by atoms with Crippen molar-refractivity contribution in [2.24, 2.45) is 0 Å². The van der Waals surface area contributed by atoms with Crippen LogP contribution in [0.4, 0.5) is 5.82 Å². The summed E-state index contributed by atoms with van der Waals surface area (Å²) in [4.78, 5) is 12.8. The predicted octanol–water partition coefficient (Wildman–Crippen LogP) is 6.08. The fraction of sp³-hybridized carbons (Fsp3) is 0.0667. The van der Waals surface area contributed by atoms with Gasteiger partial charge in [-0.3, -0.25) is 9.48 Å². The highest BCUT2D eigenvalue weighted by molar-refractivity contribution is 9.13. The maximum atomic E-state index is 12.3. The van der Waals surface area contributed by atoms with Crippen LogP contribution in [0.1, 0.15) is 15.2 Å². The fourth-order valence-corrected chi connectivity index (χ4v) is 4.32. The van der Waals surface area contributed by atoms with Gasteiger partial charge in [0.1, 0.15) is 5.02 Å². The summed E-state index contributed by atoms with van der Waals surface area (Å²) < 4.78 is 3.32. The van der Waals surface area contributed by atoms with Crippen LogP contribution in [0.25, 0.3) is 0 Å². The number of halogens is 4. The lowest BCUT2D eigenvalue weighted by Crippen LogP contribution is -2.11. The topological polar surface area (TPSA) is 46.9 Å². The number of nitrogens with one attached hydrogen (secondary N) is 1. The van der Waals surface area contributed by atoms with Crippen LogP contribution in [0.2, 0.25) is 10.0 Å². The molecule has 0 unspecified atom stereocenters. The SMILES string of the molecule is O=C(Nc1nn(Cc2ccccc2Cl)cc1Cl)c1cc(Br)c(Br)s1. The van der Waals surface area contributed by atoms with E-state index in [1.54, 1.807) is 16.9 Å². The largest absolute Gasteiger partial charge is 0.303 e. The molecule has 0 aliphatic heterocycles. The van der Waals surface area contributed by atoms with Crippen LogP contribution < -0.4 is 5.32 Å². The number of carbonyl (C=O) groups is 1. The minimum absolute atomic E-state index is 0.267.